The number of piperidine rings is 1. The van der Waals surface area contributed by atoms with Gasteiger partial charge in [-0.1, -0.05) is 6.42 Å². The zero-order chi connectivity index (χ0) is 19.5. The smallest absolute Gasteiger partial charge is 0.240 e. The van der Waals surface area contributed by atoms with Gasteiger partial charge in [-0.05, 0) is 51.0 Å². The summed E-state index contributed by atoms with van der Waals surface area (Å²) in [5.41, 5.74) is 5.81. The Morgan fingerprint density at radius 2 is 1.58 bits per heavy atom. The van der Waals surface area contributed by atoms with Gasteiger partial charge in [0.25, 0.3) is 0 Å². The highest BCUT2D eigenvalue weighted by Crippen LogP contribution is 2.23. The first-order chi connectivity index (χ1) is 12.0. The fourth-order valence-corrected chi connectivity index (χ4v) is 5.27. The summed E-state index contributed by atoms with van der Waals surface area (Å²) < 4.78 is 51.0. The van der Waals surface area contributed by atoms with Gasteiger partial charge in [-0.25, -0.2) is 21.6 Å². The van der Waals surface area contributed by atoms with Crippen LogP contribution in [-0.4, -0.2) is 59.2 Å². The zero-order valence-corrected chi connectivity index (χ0v) is 17.2. The molecule has 1 heterocycles. The van der Waals surface area contributed by atoms with Crippen molar-refractivity contribution in [2.45, 2.75) is 61.0 Å². The van der Waals surface area contributed by atoms with Crippen molar-refractivity contribution in [1.82, 2.24) is 9.62 Å². The predicted molar refractivity (Wildman–Crippen MR) is 102 cm³/mol. The van der Waals surface area contributed by atoms with E-state index < -0.39 is 25.9 Å². The second-order valence-electron chi connectivity index (χ2n) is 7.12. The van der Waals surface area contributed by atoms with E-state index in [0.717, 1.165) is 19.1 Å². The molecule has 0 spiro atoms. The van der Waals surface area contributed by atoms with Crippen LogP contribution in [0.15, 0.2) is 34.1 Å². The summed E-state index contributed by atoms with van der Waals surface area (Å²) in [7, 11) is -7.14. The molecule has 0 saturated carbocycles. The van der Waals surface area contributed by atoms with Gasteiger partial charge in [-0.3, -0.25) is 4.90 Å². The van der Waals surface area contributed by atoms with Crippen molar-refractivity contribution < 1.29 is 16.8 Å². The Kier molecular flexibility index (Phi) is 6.84. The number of likely N-dealkylation sites (tertiary alicyclic amines) is 1. The van der Waals surface area contributed by atoms with Crippen LogP contribution in [0.4, 0.5) is 0 Å². The van der Waals surface area contributed by atoms with Crippen LogP contribution in [0.25, 0.3) is 0 Å². The maximum atomic E-state index is 12.6. The number of hydrogen-bond acceptors (Lipinski definition) is 6. The average Bonchev–Trinajstić information content (AvgIpc) is 2.56. The molecule has 0 bridgehead atoms. The summed E-state index contributed by atoms with van der Waals surface area (Å²) in [4.78, 5) is 2.42. The molecular weight excluding hydrogens is 374 g/mol. The molecule has 0 aromatic heterocycles. The Balaban J connectivity index is 2.13. The Labute approximate surface area is 156 Å². The van der Waals surface area contributed by atoms with E-state index >= 15 is 0 Å². The number of sulfonamides is 1. The van der Waals surface area contributed by atoms with Crippen LogP contribution in [0.5, 0.6) is 0 Å². The lowest BCUT2D eigenvalue weighted by Gasteiger charge is -2.40. The number of rotatable bonds is 7. The molecule has 26 heavy (non-hydrogen) atoms. The molecule has 7 nitrogen and oxygen atoms in total. The average molecular weight is 404 g/mol. The first-order valence-electron chi connectivity index (χ1n) is 8.83. The maximum Gasteiger partial charge on any atom is 0.240 e. The minimum atomic E-state index is -3.77. The summed E-state index contributed by atoms with van der Waals surface area (Å²) in [5, 5.41) is 0. The lowest BCUT2D eigenvalue weighted by atomic mass is 9.97. The fourth-order valence-electron chi connectivity index (χ4n) is 3.40. The third kappa shape index (κ3) is 5.26. The highest BCUT2D eigenvalue weighted by Gasteiger charge is 2.28. The highest BCUT2D eigenvalue weighted by atomic mass is 32.2. The van der Waals surface area contributed by atoms with E-state index in [4.69, 9.17) is 5.73 Å². The van der Waals surface area contributed by atoms with Gasteiger partial charge in [0.15, 0.2) is 9.84 Å². The summed E-state index contributed by atoms with van der Waals surface area (Å²) in [6.07, 6.45) is 4.47. The molecule has 3 atom stereocenters. The molecule has 0 unspecified atom stereocenters. The van der Waals surface area contributed by atoms with E-state index in [-0.39, 0.29) is 16.3 Å². The molecule has 0 aliphatic carbocycles. The zero-order valence-electron chi connectivity index (χ0n) is 15.6. The minimum absolute atomic E-state index is 0.0306. The lowest BCUT2D eigenvalue weighted by molar-refractivity contribution is 0.0950. The molecule has 1 aromatic rings. The Morgan fingerprint density at radius 1 is 1.08 bits per heavy atom. The van der Waals surface area contributed by atoms with Crippen LogP contribution in [0.1, 0.15) is 33.1 Å². The summed E-state index contributed by atoms with van der Waals surface area (Å²) >= 11 is 0. The van der Waals surface area contributed by atoms with E-state index in [1.807, 2.05) is 0 Å². The van der Waals surface area contributed by atoms with Gasteiger partial charge >= 0.3 is 0 Å². The largest absolute Gasteiger partial charge is 0.329 e. The summed E-state index contributed by atoms with van der Waals surface area (Å²) in [6.45, 7) is 5.05. The second-order valence-corrected chi connectivity index (χ2v) is 10.9. The normalized spacial score (nSPS) is 23.7. The van der Waals surface area contributed by atoms with Gasteiger partial charge in [0, 0.05) is 37.5 Å². The minimum Gasteiger partial charge on any atom is -0.329 e. The Bertz CT molecular complexity index is 797. The Morgan fingerprint density at radius 3 is 2.04 bits per heavy atom. The number of nitrogens with one attached hydrogen (secondary N) is 1. The molecule has 0 radical (unpaired) electrons. The Hall–Kier alpha value is -1.00. The van der Waals surface area contributed by atoms with Crippen molar-refractivity contribution >= 4 is 19.9 Å². The van der Waals surface area contributed by atoms with Gasteiger partial charge < -0.3 is 5.73 Å². The predicted octanol–water partition coefficient (Wildman–Crippen LogP) is 0.959. The van der Waals surface area contributed by atoms with Crippen LogP contribution in [-0.2, 0) is 19.9 Å². The molecule has 1 aliphatic heterocycles. The maximum absolute atomic E-state index is 12.6. The van der Waals surface area contributed by atoms with Gasteiger partial charge in [0.2, 0.25) is 10.0 Å². The number of hydrogen-bond donors (Lipinski definition) is 2. The lowest BCUT2D eigenvalue weighted by Crippen LogP contribution is -2.53. The molecule has 3 N–H and O–H groups in total. The number of nitrogens with zero attached hydrogens (tertiary/aromatic N) is 1. The number of sulfone groups is 1. The highest BCUT2D eigenvalue weighted by molar-refractivity contribution is 7.90. The van der Waals surface area contributed by atoms with E-state index in [1.165, 1.54) is 30.7 Å². The van der Waals surface area contributed by atoms with Crippen molar-refractivity contribution in [1.29, 1.82) is 0 Å². The summed E-state index contributed by atoms with van der Waals surface area (Å²) in [6, 6.07) is 5.60. The molecule has 148 valence electrons. The fraction of sp³-hybridized carbons (Fsp3) is 0.647. The van der Waals surface area contributed by atoms with Gasteiger partial charge in [0.1, 0.15) is 0 Å². The molecule has 9 heteroatoms. The number of nitrogens with two attached hydrogens (primary N) is 1. The first kappa shape index (κ1) is 21.3. The third-order valence-corrected chi connectivity index (χ3v) is 7.64. The van der Waals surface area contributed by atoms with Crippen LogP contribution < -0.4 is 10.5 Å². The van der Waals surface area contributed by atoms with Crippen molar-refractivity contribution in [3.05, 3.63) is 24.3 Å². The van der Waals surface area contributed by atoms with E-state index in [2.05, 4.69) is 23.5 Å². The van der Waals surface area contributed by atoms with Gasteiger partial charge in [-0.15, -0.1) is 0 Å². The van der Waals surface area contributed by atoms with Gasteiger partial charge in [0.05, 0.1) is 9.79 Å². The standard InChI is InChI=1S/C17H29N3O4S2/c1-13-5-4-6-14(2)20(13)12-15(11-18)19-26(23,24)17-9-7-16(8-10-17)25(3,21)22/h7-10,13-15,19H,4-6,11-12,18H2,1-3H3/t13-,14+,15-/m1/s1. The third-order valence-electron chi connectivity index (χ3n) is 4.98. The van der Waals surface area contributed by atoms with Crippen molar-refractivity contribution in [3.63, 3.8) is 0 Å². The molecule has 2 rings (SSSR count). The molecular formula is C17H29N3O4S2. The van der Waals surface area contributed by atoms with Crippen LogP contribution >= 0.6 is 0 Å². The first-order valence-corrected chi connectivity index (χ1v) is 12.2. The molecule has 1 aliphatic rings. The van der Waals surface area contributed by atoms with Crippen LogP contribution in [0.3, 0.4) is 0 Å². The van der Waals surface area contributed by atoms with E-state index in [9.17, 15) is 16.8 Å². The molecule has 1 saturated heterocycles. The molecule has 0 amide bonds. The van der Waals surface area contributed by atoms with Crippen molar-refractivity contribution in [2.75, 3.05) is 19.3 Å². The van der Waals surface area contributed by atoms with E-state index in [1.54, 1.807) is 0 Å². The number of benzene rings is 1. The topological polar surface area (TPSA) is 110 Å². The molecule has 1 aromatic carbocycles. The van der Waals surface area contributed by atoms with Crippen LogP contribution in [0.2, 0.25) is 0 Å². The van der Waals surface area contributed by atoms with Gasteiger partial charge in [-0.2, -0.15) is 0 Å². The quantitative estimate of drug-likeness (QED) is 0.702. The van der Waals surface area contributed by atoms with Crippen molar-refractivity contribution in [2.24, 2.45) is 5.73 Å². The monoisotopic (exact) mass is 403 g/mol. The molecule has 1 fully saturated rings. The second kappa shape index (κ2) is 8.35. The van der Waals surface area contributed by atoms with Crippen molar-refractivity contribution in [3.8, 4) is 0 Å². The van der Waals surface area contributed by atoms with Crippen LogP contribution in [0, 0.1) is 0 Å². The SMILES string of the molecule is C[C@@H]1CCC[C@H](C)N1C[C@@H](CN)NS(=O)(=O)c1ccc(S(C)(=O)=O)cc1. The summed E-state index contributed by atoms with van der Waals surface area (Å²) in [5.74, 6) is 0. The van der Waals surface area contributed by atoms with E-state index in [0.29, 0.717) is 18.6 Å².